The van der Waals surface area contributed by atoms with Crippen molar-refractivity contribution in [3.8, 4) is 11.8 Å². The first-order valence-electron chi connectivity index (χ1n) is 15.0. The van der Waals surface area contributed by atoms with E-state index in [0.29, 0.717) is 29.0 Å². The lowest BCUT2D eigenvalue weighted by atomic mass is 10.1. The summed E-state index contributed by atoms with van der Waals surface area (Å²) in [6.07, 6.45) is 0.834. The third-order valence-electron chi connectivity index (χ3n) is 7.84. The number of hydrogen-bond acceptors (Lipinski definition) is 8. The predicted octanol–water partition coefficient (Wildman–Crippen LogP) is 3.99. The molecule has 0 atom stereocenters. The van der Waals surface area contributed by atoms with Crippen LogP contribution < -0.4 is 30.5 Å². The number of ether oxygens (including phenoxy) is 2. The molecule has 44 heavy (non-hydrogen) atoms. The number of urea groups is 1. The van der Waals surface area contributed by atoms with Gasteiger partial charge in [0, 0.05) is 62.9 Å². The number of piperazine rings is 1. The maximum atomic E-state index is 13.6. The van der Waals surface area contributed by atoms with Crippen LogP contribution in [-0.4, -0.2) is 89.5 Å². The maximum absolute atomic E-state index is 13.6. The van der Waals surface area contributed by atoms with Gasteiger partial charge in [-0.2, -0.15) is 5.26 Å². The number of morpholine rings is 1. The number of amides is 3. The number of nitrogens with zero attached hydrogens (tertiary/aromatic N) is 4. The fourth-order valence-electron chi connectivity index (χ4n) is 5.54. The van der Waals surface area contributed by atoms with Crippen LogP contribution in [0.15, 0.2) is 66.7 Å². The Kier molecular flexibility index (Phi) is 10.5. The summed E-state index contributed by atoms with van der Waals surface area (Å²) >= 11 is 0. The van der Waals surface area contributed by atoms with Crippen LogP contribution in [0.5, 0.6) is 5.75 Å². The van der Waals surface area contributed by atoms with E-state index in [9.17, 15) is 9.59 Å². The Morgan fingerprint density at radius 3 is 2.30 bits per heavy atom. The number of benzene rings is 3. The molecule has 3 aromatic carbocycles. The molecule has 3 amide bonds. The van der Waals surface area contributed by atoms with Gasteiger partial charge in [0.25, 0.3) is 5.91 Å². The molecule has 0 aromatic heterocycles. The van der Waals surface area contributed by atoms with Crippen LogP contribution in [0.1, 0.15) is 22.3 Å². The van der Waals surface area contributed by atoms with Crippen LogP contribution in [0, 0.1) is 11.3 Å². The highest BCUT2D eigenvalue weighted by Crippen LogP contribution is 2.31. The second kappa shape index (κ2) is 15.1. The zero-order valence-electron chi connectivity index (χ0n) is 25.1. The summed E-state index contributed by atoms with van der Waals surface area (Å²) in [6, 6.07) is 21.7. The number of carbonyl (C=O) groups is 2. The summed E-state index contributed by atoms with van der Waals surface area (Å²) in [5.74, 6) is 0.658. The minimum absolute atomic E-state index is 0.181. The van der Waals surface area contributed by atoms with Crippen molar-refractivity contribution in [1.82, 2.24) is 10.2 Å². The van der Waals surface area contributed by atoms with Gasteiger partial charge >= 0.3 is 6.03 Å². The number of carbonyl (C=O) groups excluding carboxylic acids is 2. The maximum Gasteiger partial charge on any atom is 0.323 e. The molecule has 0 bridgehead atoms. The second-order valence-corrected chi connectivity index (χ2v) is 10.7. The molecule has 2 aliphatic heterocycles. The van der Waals surface area contributed by atoms with E-state index in [1.807, 2.05) is 30.3 Å². The summed E-state index contributed by atoms with van der Waals surface area (Å²) in [5, 5.41) is 17.8. The highest BCUT2D eigenvalue weighted by Gasteiger charge is 2.24. The van der Waals surface area contributed by atoms with Crippen molar-refractivity contribution in [1.29, 1.82) is 5.26 Å². The third-order valence-corrected chi connectivity index (χ3v) is 7.84. The monoisotopic (exact) mass is 597 g/mol. The van der Waals surface area contributed by atoms with Gasteiger partial charge in [-0.3, -0.25) is 9.69 Å². The molecule has 0 unspecified atom stereocenters. The van der Waals surface area contributed by atoms with Gasteiger partial charge in [-0.15, -0.1) is 0 Å². The molecule has 11 heteroatoms. The van der Waals surface area contributed by atoms with E-state index in [1.54, 1.807) is 37.4 Å². The van der Waals surface area contributed by atoms with Crippen molar-refractivity contribution < 1.29 is 19.1 Å². The van der Waals surface area contributed by atoms with Gasteiger partial charge in [0.1, 0.15) is 5.75 Å². The molecular weight excluding hydrogens is 558 g/mol. The van der Waals surface area contributed by atoms with Crippen LogP contribution in [0.25, 0.3) is 0 Å². The zero-order valence-corrected chi connectivity index (χ0v) is 25.1. The summed E-state index contributed by atoms with van der Waals surface area (Å²) in [7, 11) is 1.68. The topological polar surface area (TPSA) is 122 Å². The molecule has 3 N–H and O–H groups in total. The predicted molar refractivity (Wildman–Crippen MR) is 172 cm³/mol. The first kappa shape index (κ1) is 30.7. The normalized spacial score (nSPS) is 15.3. The highest BCUT2D eigenvalue weighted by molar-refractivity contribution is 6.04. The molecule has 5 rings (SSSR count). The number of nitrogens with one attached hydrogen (secondary N) is 3. The molecule has 11 nitrogen and oxygen atoms in total. The van der Waals surface area contributed by atoms with Gasteiger partial charge in [0.15, 0.2) is 0 Å². The van der Waals surface area contributed by atoms with E-state index in [-0.39, 0.29) is 5.91 Å². The van der Waals surface area contributed by atoms with Crippen molar-refractivity contribution in [2.75, 3.05) is 93.1 Å². The smallest absolute Gasteiger partial charge is 0.323 e. The Hall–Kier alpha value is -4.79. The van der Waals surface area contributed by atoms with Crippen molar-refractivity contribution in [3.05, 3.63) is 77.9 Å². The Morgan fingerprint density at radius 1 is 0.864 bits per heavy atom. The average molecular weight is 598 g/mol. The Bertz CT molecular complexity index is 1480. The molecule has 3 aromatic rings. The standard InChI is InChI=1S/C33H39N7O4/c1-43-31-9-3-2-8-30(31)40-16-14-39(15-17-40)29-11-10-27(37-33(42)36-26-7-4-6-25(22-26)24-34)23-28(29)32(41)35-12-5-13-38-18-20-44-21-19-38/h2-4,6-11,22-23H,5,12-21H2,1H3,(H,35,41)(H2,36,37,42). The molecule has 230 valence electrons. The second-order valence-electron chi connectivity index (χ2n) is 10.7. The van der Waals surface area contributed by atoms with Gasteiger partial charge in [-0.05, 0) is 61.5 Å². The minimum Gasteiger partial charge on any atom is -0.495 e. The molecule has 2 saturated heterocycles. The lowest BCUT2D eigenvalue weighted by Crippen LogP contribution is -2.47. The van der Waals surface area contributed by atoms with Crippen molar-refractivity contribution in [2.24, 2.45) is 0 Å². The molecular formula is C33H39N7O4. The van der Waals surface area contributed by atoms with Gasteiger partial charge in [0.2, 0.25) is 0 Å². The fourth-order valence-corrected chi connectivity index (χ4v) is 5.54. The van der Waals surface area contributed by atoms with Crippen LogP contribution in [0.2, 0.25) is 0 Å². The minimum atomic E-state index is -0.463. The lowest BCUT2D eigenvalue weighted by Gasteiger charge is -2.38. The van der Waals surface area contributed by atoms with E-state index in [1.165, 1.54) is 0 Å². The SMILES string of the molecule is COc1ccccc1N1CCN(c2ccc(NC(=O)Nc3cccc(C#N)c3)cc2C(=O)NCCCN2CCOCC2)CC1. The van der Waals surface area contributed by atoms with Crippen LogP contribution in [-0.2, 0) is 4.74 Å². The Labute approximate surface area is 258 Å². The number of nitriles is 1. The molecule has 0 saturated carbocycles. The molecule has 2 aliphatic rings. The fraction of sp³-hybridized carbons (Fsp3) is 0.364. The van der Waals surface area contributed by atoms with E-state index in [2.05, 4.69) is 42.8 Å². The quantitative estimate of drug-likeness (QED) is 0.300. The van der Waals surface area contributed by atoms with Crippen LogP contribution >= 0.6 is 0 Å². The third kappa shape index (κ3) is 7.98. The van der Waals surface area contributed by atoms with Gasteiger partial charge in [-0.25, -0.2) is 4.79 Å². The number of para-hydroxylation sites is 2. The van der Waals surface area contributed by atoms with Crippen LogP contribution in [0.3, 0.4) is 0 Å². The van der Waals surface area contributed by atoms with E-state index in [4.69, 9.17) is 14.7 Å². The summed E-state index contributed by atoms with van der Waals surface area (Å²) in [5.41, 5.74) is 3.83. The summed E-state index contributed by atoms with van der Waals surface area (Å²) in [4.78, 5) is 33.2. The number of rotatable bonds is 10. The van der Waals surface area contributed by atoms with Crippen molar-refractivity contribution in [3.63, 3.8) is 0 Å². The number of anilines is 4. The number of methoxy groups -OCH3 is 1. The zero-order chi connectivity index (χ0) is 30.7. The molecule has 0 spiro atoms. The number of hydrogen-bond donors (Lipinski definition) is 3. The molecule has 2 heterocycles. The Balaban J connectivity index is 1.27. The van der Waals surface area contributed by atoms with Gasteiger partial charge in [0.05, 0.1) is 43.2 Å². The first-order valence-corrected chi connectivity index (χ1v) is 15.0. The highest BCUT2D eigenvalue weighted by atomic mass is 16.5. The average Bonchev–Trinajstić information content (AvgIpc) is 3.07. The molecule has 0 radical (unpaired) electrons. The summed E-state index contributed by atoms with van der Waals surface area (Å²) in [6.45, 7) is 7.74. The molecule has 2 fully saturated rings. The van der Waals surface area contributed by atoms with E-state index in [0.717, 1.165) is 82.6 Å². The van der Waals surface area contributed by atoms with E-state index < -0.39 is 6.03 Å². The van der Waals surface area contributed by atoms with Crippen molar-refractivity contribution in [2.45, 2.75) is 6.42 Å². The van der Waals surface area contributed by atoms with Gasteiger partial charge in [-0.1, -0.05) is 18.2 Å². The summed E-state index contributed by atoms with van der Waals surface area (Å²) < 4.78 is 11.0. The lowest BCUT2D eigenvalue weighted by molar-refractivity contribution is 0.0374. The molecule has 0 aliphatic carbocycles. The Morgan fingerprint density at radius 2 is 1.57 bits per heavy atom. The van der Waals surface area contributed by atoms with Crippen LogP contribution in [0.4, 0.5) is 27.5 Å². The van der Waals surface area contributed by atoms with Gasteiger partial charge < -0.3 is 35.2 Å². The first-order chi connectivity index (χ1) is 21.5. The van der Waals surface area contributed by atoms with Crippen molar-refractivity contribution >= 4 is 34.7 Å². The largest absolute Gasteiger partial charge is 0.495 e. The van der Waals surface area contributed by atoms with E-state index >= 15 is 0 Å².